The van der Waals surface area contributed by atoms with E-state index in [9.17, 15) is 14.7 Å². The van der Waals surface area contributed by atoms with E-state index in [1.165, 1.54) is 11.0 Å². The fourth-order valence-electron chi connectivity index (χ4n) is 3.70. The molecule has 4 rings (SSSR count). The molecule has 1 amide bonds. The number of ketones is 1. The molecular formula is C25H22N2O5. The molecule has 0 radical (unpaired) electrons. The van der Waals surface area contributed by atoms with Gasteiger partial charge in [-0.3, -0.25) is 14.6 Å². The molecule has 0 bridgehead atoms. The maximum Gasteiger partial charge on any atom is 0.290 e. The first kappa shape index (κ1) is 21.1. The molecule has 0 saturated carbocycles. The molecule has 3 heterocycles. The van der Waals surface area contributed by atoms with Crippen LogP contribution in [0, 0.1) is 6.92 Å². The molecule has 7 heteroatoms. The minimum Gasteiger partial charge on any atom is -0.503 e. The van der Waals surface area contributed by atoms with Gasteiger partial charge in [0, 0.05) is 18.9 Å². The zero-order chi connectivity index (χ0) is 22.7. The molecule has 1 aliphatic heterocycles. The van der Waals surface area contributed by atoms with Crippen molar-refractivity contribution in [3.05, 3.63) is 108 Å². The highest BCUT2D eigenvalue weighted by atomic mass is 16.5. The van der Waals surface area contributed by atoms with Crippen LogP contribution in [0.2, 0.25) is 0 Å². The van der Waals surface area contributed by atoms with Gasteiger partial charge in [0.1, 0.15) is 18.1 Å². The molecule has 0 unspecified atom stereocenters. The Labute approximate surface area is 185 Å². The molecule has 1 atom stereocenters. The maximum absolute atomic E-state index is 13.3. The number of pyridine rings is 1. The van der Waals surface area contributed by atoms with Gasteiger partial charge in [0.05, 0.1) is 11.6 Å². The van der Waals surface area contributed by atoms with Crippen LogP contribution in [0.4, 0.5) is 0 Å². The molecule has 32 heavy (non-hydrogen) atoms. The average molecular weight is 430 g/mol. The normalized spacial score (nSPS) is 15.8. The first-order valence-electron chi connectivity index (χ1n) is 10.1. The van der Waals surface area contributed by atoms with Crippen molar-refractivity contribution < 1.29 is 23.8 Å². The highest BCUT2D eigenvalue weighted by molar-refractivity contribution is 6.15. The van der Waals surface area contributed by atoms with E-state index in [4.69, 9.17) is 9.15 Å². The topological polar surface area (TPSA) is 92.9 Å². The van der Waals surface area contributed by atoms with Gasteiger partial charge < -0.3 is 19.2 Å². The molecule has 2 aromatic heterocycles. The number of furan rings is 1. The summed E-state index contributed by atoms with van der Waals surface area (Å²) in [7, 11) is 0. The second-order valence-corrected chi connectivity index (χ2v) is 7.36. The standard InChI is InChI=1S/C25H22N2O5/c1-3-13-31-19-6-4-5-18(14-19)22-21(23(28)20-8-7-16(2)32-20)24(29)25(30)27(22)15-17-9-11-26-12-10-17/h3-12,14,22,29H,1,13,15H2,2H3/t22-/m1/s1. The highest BCUT2D eigenvalue weighted by Crippen LogP contribution is 2.40. The van der Waals surface area contributed by atoms with Crippen LogP contribution in [0.3, 0.4) is 0 Å². The quantitative estimate of drug-likeness (QED) is 0.422. The van der Waals surface area contributed by atoms with E-state index in [1.54, 1.807) is 67.9 Å². The largest absolute Gasteiger partial charge is 0.503 e. The Morgan fingerprint density at radius 3 is 2.72 bits per heavy atom. The molecule has 0 spiro atoms. The molecule has 0 aliphatic carbocycles. The minimum absolute atomic E-state index is 0.0284. The van der Waals surface area contributed by atoms with Crippen molar-refractivity contribution in [2.45, 2.75) is 19.5 Å². The summed E-state index contributed by atoms with van der Waals surface area (Å²) in [6, 6.07) is 13.0. The molecule has 1 aliphatic rings. The van der Waals surface area contributed by atoms with Crippen molar-refractivity contribution in [3.63, 3.8) is 0 Å². The summed E-state index contributed by atoms with van der Waals surface area (Å²) in [5, 5.41) is 10.8. The number of aryl methyl sites for hydroxylation is 1. The van der Waals surface area contributed by atoms with Crippen LogP contribution in [0.25, 0.3) is 0 Å². The summed E-state index contributed by atoms with van der Waals surface area (Å²) in [5.74, 6) is -0.569. The van der Waals surface area contributed by atoms with E-state index in [1.807, 2.05) is 0 Å². The van der Waals surface area contributed by atoms with Crippen LogP contribution >= 0.6 is 0 Å². The van der Waals surface area contributed by atoms with Crippen molar-refractivity contribution in [2.75, 3.05) is 6.61 Å². The van der Waals surface area contributed by atoms with Gasteiger partial charge in [-0.25, -0.2) is 0 Å². The summed E-state index contributed by atoms with van der Waals surface area (Å²) in [5.41, 5.74) is 1.41. The summed E-state index contributed by atoms with van der Waals surface area (Å²) < 4.78 is 11.1. The van der Waals surface area contributed by atoms with E-state index in [0.29, 0.717) is 23.7 Å². The number of hydrogen-bond donors (Lipinski definition) is 1. The van der Waals surface area contributed by atoms with Crippen molar-refractivity contribution in [1.29, 1.82) is 0 Å². The van der Waals surface area contributed by atoms with Crippen LogP contribution in [0.15, 0.2) is 89.3 Å². The monoisotopic (exact) mass is 430 g/mol. The Bertz CT molecular complexity index is 1200. The number of aliphatic hydroxyl groups is 1. The predicted molar refractivity (Wildman–Crippen MR) is 117 cm³/mol. The Kier molecular flexibility index (Phi) is 5.89. The second-order valence-electron chi connectivity index (χ2n) is 7.36. The zero-order valence-corrected chi connectivity index (χ0v) is 17.5. The Hall–Kier alpha value is -4.13. The highest BCUT2D eigenvalue weighted by Gasteiger charge is 2.44. The fourth-order valence-corrected chi connectivity index (χ4v) is 3.70. The number of hydrogen-bond acceptors (Lipinski definition) is 6. The van der Waals surface area contributed by atoms with Gasteiger partial charge in [-0.15, -0.1) is 0 Å². The molecule has 3 aromatic rings. The number of Topliss-reactive ketones (excluding diaryl/α,β-unsaturated/α-hetero) is 1. The first-order valence-corrected chi connectivity index (χ1v) is 10.1. The molecule has 162 valence electrons. The fraction of sp³-hybridized carbons (Fsp3) is 0.160. The number of aromatic nitrogens is 1. The summed E-state index contributed by atoms with van der Waals surface area (Å²) in [6.07, 6.45) is 4.88. The van der Waals surface area contributed by atoms with E-state index < -0.39 is 23.5 Å². The molecule has 7 nitrogen and oxygen atoms in total. The number of carbonyl (C=O) groups is 2. The first-order chi connectivity index (χ1) is 15.5. The molecule has 1 aromatic carbocycles. The number of rotatable bonds is 8. The molecular weight excluding hydrogens is 408 g/mol. The summed E-state index contributed by atoms with van der Waals surface area (Å²) in [4.78, 5) is 31.8. The molecule has 0 saturated heterocycles. The van der Waals surface area contributed by atoms with E-state index >= 15 is 0 Å². The number of carbonyl (C=O) groups excluding carboxylic acids is 2. The second kappa shape index (κ2) is 8.93. The zero-order valence-electron chi connectivity index (χ0n) is 17.5. The van der Waals surface area contributed by atoms with Gasteiger partial charge in [-0.05, 0) is 54.4 Å². The van der Waals surface area contributed by atoms with Gasteiger partial charge in [-0.1, -0.05) is 24.8 Å². The lowest BCUT2D eigenvalue weighted by Gasteiger charge is -2.27. The van der Waals surface area contributed by atoms with Crippen LogP contribution in [0.5, 0.6) is 5.75 Å². The lowest BCUT2D eigenvalue weighted by atomic mass is 9.94. The SMILES string of the molecule is C=CCOc1cccc([C@@H]2C(C(=O)c3ccc(C)o3)=C(O)C(=O)N2Cc2ccncc2)c1. The molecule has 1 N–H and O–H groups in total. The van der Waals surface area contributed by atoms with Crippen LogP contribution < -0.4 is 4.74 Å². The third-order valence-electron chi connectivity index (χ3n) is 5.16. The van der Waals surface area contributed by atoms with Gasteiger partial charge >= 0.3 is 0 Å². The molecule has 0 fully saturated rings. The van der Waals surface area contributed by atoms with Gasteiger partial charge in [0.2, 0.25) is 5.78 Å². The van der Waals surface area contributed by atoms with Crippen molar-refractivity contribution in [3.8, 4) is 5.75 Å². The lowest BCUT2D eigenvalue weighted by molar-refractivity contribution is -0.130. The number of amides is 1. The van der Waals surface area contributed by atoms with Crippen LogP contribution in [0.1, 0.15) is 33.5 Å². The number of ether oxygens (including phenoxy) is 1. The lowest BCUT2D eigenvalue weighted by Crippen LogP contribution is -2.30. The van der Waals surface area contributed by atoms with Crippen molar-refractivity contribution >= 4 is 11.7 Å². The maximum atomic E-state index is 13.3. The minimum atomic E-state index is -0.819. The van der Waals surface area contributed by atoms with Crippen molar-refractivity contribution in [1.82, 2.24) is 9.88 Å². The van der Waals surface area contributed by atoms with Gasteiger partial charge in [0.15, 0.2) is 11.5 Å². The Morgan fingerprint density at radius 2 is 2.03 bits per heavy atom. The van der Waals surface area contributed by atoms with Gasteiger partial charge in [-0.2, -0.15) is 0 Å². The van der Waals surface area contributed by atoms with Crippen LogP contribution in [-0.2, 0) is 11.3 Å². The number of benzene rings is 1. The van der Waals surface area contributed by atoms with Crippen molar-refractivity contribution in [2.24, 2.45) is 0 Å². The van der Waals surface area contributed by atoms with E-state index in [-0.39, 0.29) is 17.9 Å². The third-order valence-corrected chi connectivity index (χ3v) is 5.16. The average Bonchev–Trinajstić information content (AvgIpc) is 3.35. The third kappa shape index (κ3) is 4.05. The Balaban J connectivity index is 1.79. The van der Waals surface area contributed by atoms with Gasteiger partial charge in [0.25, 0.3) is 5.91 Å². The van der Waals surface area contributed by atoms with E-state index in [0.717, 1.165) is 5.56 Å². The number of aliphatic hydroxyl groups excluding tert-OH is 1. The predicted octanol–water partition coefficient (Wildman–Crippen LogP) is 4.33. The summed E-state index contributed by atoms with van der Waals surface area (Å²) in [6.45, 7) is 5.86. The van der Waals surface area contributed by atoms with Crippen LogP contribution in [-0.4, -0.2) is 33.3 Å². The van der Waals surface area contributed by atoms with E-state index in [2.05, 4.69) is 11.6 Å². The number of nitrogens with zero attached hydrogens (tertiary/aromatic N) is 2. The summed E-state index contributed by atoms with van der Waals surface area (Å²) >= 11 is 0. The Morgan fingerprint density at radius 1 is 1.25 bits per heavy atom. The smallest absolute Gasteiger partial charge is 0.290 e.